The highest BCUT2D eigenvalue weighted by Crippen LogP contribution is 2.40. The summed E-state index contributed by atoms with van der Waals surface area (Å²) in [6, 6.07) is 15.1. The van der Waals surface area contributed by atoms with Crippen LogP contribution in [0, 0.1) is 0 Å². The van der Waals surface area contributed by atoms with Crippen LogP contribution in [0.1, 0.15) is 40.4 Å². The fourth-order valence-corrected chi connectivity index (χ4v) is 3.25. The summed E-state index contributed by atoms with van der Waals surface area (Å²) in [6.45, 7) is 0.194. The molecule has 1 saturated carbocycles. The number of aromatic nitrogens is 1. The van der Waals surface area contributed by atoms with E-state index in [1.807, 2.05) is 48.5 Å². The van der Waals surface area contributed by atoms with Gasteiger partial charge in [-0.15, -0.1) is 0 Å². The third-order valence-electron chi connectivity index (χ3n) is 4.77. The van der Waals surface area contributed by atoms with Gasteiger partial charge in [0.15, 0.2) is 11.5 Å². The number of pyridine rings is 1. The Morgan fingerprint density at radius 3 is 2.93 bits per heavy atom. The van der Waals surface area contributed by atoms with Crippen molar-refractivity contribution in [3.05, 3.63) is 65.4 Å². The molecule has 1 N–H and O–H groups in total. The summed E-state index contributed by atoms with van der Waals surface area (Å²) in [5.41, 5.74) is 5.79. The zero-order valence-corrected chi connectivity index (χ0v) is 14.5. The van der Waals surface area contributed by atoms with Crippen molar-refractivity contribution in [2.45, 2.75) is 18.8 Å². The number of nitrogens with zero attached hydrogens (tertiary/aromatic N) is 2. The molecule has 0 radical (unpaired) electrons. The van der Waals surface area contributed by atoms with Crippen LogP contribution in [0.15, 0.2) is 53.6 Å². The average molecular weight is 359 g/mol. The highest BCUT2D eigenvalue weighted by molar-refractivity contribution is 6.06. The van der Waals surface area contributed by atoms with Gasteiger partial charge in [-0.25, -0.2) is 5.43 Å². The molecule has 1 amide bonds. The zero-order valence-electron chi connectivity index (χ0n) is 14.5. The van der Waals surface area contributed by atoms with Crippen LogP contribution >= 0.6 is 0 Å². The molecule has 6 heteroatoms. The fraction of sp³-hybridized carbons (Fsp3) is 0.190. The largest absolute Gasteiger partial charge is 0.454 e. The van der Waals surface area contributed by atoms with E-state index in [0.717, 1.165) is 35.0 Å². The van der Waals surface area contributed by atoms with Crippen molar-refractivity contribution in [3.63, 3.8) is 0 Å². The van der Waals surface area contributed by atoms with E-state index in [-0.39, 0.29) is 12.7 Å². The summed E-state index contributed by atoms with van der Waals surface area (Å²) in [6.07, 6.45) is 3.83. The first-order chi connectivity index (χ1) is 13.3. The summed E-state index contributed by atoms with van der Waals surface area (Å²) < 4.78 is 10.8. The zero-order chi connectivity index (χ0) is 18.2. The van der Waals surface area contributed by atoms with Crippen molar-refractivity contribution in [2.75, 3.05) is 6.79 Å². The van der Waals surface area contributed by atoms with Crippen LogP contribution in [0.4, 0.5) is 0 Å². The van der Waals surface area contributed by atoms with Crippen molar-refractivity contribution in [2.24, 2.45) is 5.10 Å². The van der Waals surface area contributed by atoms with Gasteiger partial charge >= 0.3 is 0 Å². The Kier molecular flexibility index (Phi) is 3.74. The number of carbonyl (C=O) groups excluding carboxylic acids is 1. The molecule has 2 aliphatic rings. The molecular weight excluding hydrogens is 342 g/mol. The molecule has 134 valence electrons. The maximum Gasteiger partial charge on any atom is 0.272 e. The van der Waals surface area contributed by atoms with Crippen LogP contribution in [0.5, 0.6) is 11.5 Å². The number of hydrogen-bond donors (Lipinski definition) is 1. The lowest BCUT2D eigenvalue weighted by Gasteiger charge is -2.08. The van der Waals surface area contributed by atoms with Gasteiger partial charge in [0, 0.05) is 22.6 Å². The van der Waals surface area contributed by atoms with Crippen LogP contribution in [-0.2, 0) is 0 Å². The number of carbonyl (C=O) groups is 1. The monoisotopic (exact) mass is 359 g/mol. The molecule has 0 unspecified atom stereocenters. The van der Waals surface area contributed by atoms with E-state index in [4.69, 9.17) is 14.5 Å². The molecule has 6 nitrogen and oxygen atoms in total. The molecule has 0 bridgehead atoms. The minimum Gasteiger partial charge on any atom is -0.454 e. The van der Waals surface area contributed by atoms with Gasteiger partial charge in [0.2, 0.25) is 6.79 Å². The Labute approximate surface area is 155 Å². The molecule has 0 spiro atoms. The van der Waals surface area contributed by atoms with Crippen LogP contribution in [0.2, 0.25) is 0 Å². The van der Waals surface area contributed by atoms with E-state index in [2.05, 4.69) is 10.5 Å². The lowest BCUT2D eigenvalue weighted by atomic mass is 10.1. The number of hydrogen-bond acceptors (Lipinski definition) is 5. The topological polar surface area (TPSA) is 72.8 Å². The van der Waals surface area contributed by atoms with Crippen molar-refractivity contribution < 1.29 is 14.3 Å². The lowest BCUT2D eigenvalue weighted by Crippen LogP contribution is -2.18. The number of rotatable bonds is 4. The molecule has 1 aromatic heterocycles. The summed E-state index contributed by atoms with van der Waals surface area (Å²) in [5, 5.41) is 4.94. The molecule has 3 aromatic rings. The van der Waals surface area contributed by atoms with Crippen LogP contribution in [0.25, 0.3) is 10.9 Å². The van der Waals surface area contributed by atoms with Gasteiger partial charge in [-0.1, -0.05) is 24.3 Å². The summed E-state index contributed by atoms with van der Waals surface area (Å²) in [4.78, 5) is 17.5. The van der Waals surface area contributed by atoms with Gasteiger partial charge in [0.05, 0.1) is 17.3 Å². The summed E-state index contributed by atoms with van der Waals surface area (Å²) in [7, 11) is 0. The second-order valence-corrected chi connectivity index (χ2v) is 6.67. The Balaban J connectivity index is 1.42. The SMILES string of the molecule is O=C(N/N=C/c1cccc2c1OCO2)c1cc(C2CC2)nc2ccccc12. The summed E-state index contributed by atoms with van der Waals surface area (Å²) in [5.74, 6) is 1.53. The van der Waals surface area contributed by atoms with E-state index < -0.39 is 0 Å². The number of amides is 1. The molecule has 27 heavy (non-hydrogen) atoms. The Hall–Kier alpha value is -3.41. The standard InChI is InChI=1S/C21H17N3O3/c25-21(24-22-11-14-4-3-7-19-20(14)27-12-26-19)16-10-18(13-8-9-13)23-17-6-2-1-5-15(16)17/h1-7,10-11,13H,8-9,12H2,(H,24,25)/b22-11+. The molecule has 5 rings (SSSR count). The van der Waals surface area contributed by atoms with Gasteiger partial charge in [-0.3, -0.25) is 9.78 Å². The van der Waals surface area contributed by atoms with E-state index in [1.165, 1.54) is 0 Å². The third-order valence-corrected chi connectivity index (χ3v) is 4.77. The molecule has 0 atom stereocenters. The third kappa shape index (κ3) is 2.99. The first kappa shape index (κ1) is 15.8. The minimum absolute atomic E-state index is 0.194. The number of hydrazone groups is 1. The predicted octanol–water partition coefficient (Wildman–Crippen LogP) is 3.60. The first-order valence-electron chi connectivity index (χ1n) is 8.91. The van der Waals surface area contributed by atoms with E-state index in [0.29, 0.717) is 23.0 Å². The van der Waals surface area contributed by atoms with Crippen molar-refractivity contribution in [3.8, 4) is 11.5 Å². The molecule has 1 aliphatic carbocycles. The number of para-hydroxylation sites is 2. The number of benzene rings is 2. The van der Waals surface area contributed by atoms with Gasteiger partial charge in [0.1, 0.15) is 0 Å². The maximum absolute atomic E-state index is 12.8. The minimum atomic E-state index is -0.253. The van der Waals surface area contributed by atoms with Crippen molar-refractivity contribution in [1.82, 2.24) is 10.4 Å². The highest BCUT2D eigenvalue weighted by atomic mass is 16.7. The quantitative estimate of drug-likeness (QED) is 0.571. The Bertz CT molecular complexity index is 1070. The lowest BCUT2D eigenvalue weighted by molar-refractivity contribution is 0.0956. The van der Waals surface area contributed by atoms with Crippen LogP contribution in [0.3, 0.4) is 0 Å². The predicted molar refractivity (Wildman–Crippen MR) is 101 cm³/mol. The van der Waals surface area contributed by atoms with Gasteiger partial charge in [0.25, 0.3) is 5.91 Å². The molecular formula is C21H17N3O3. The van der Waals surface area contributed by atoms with Gasteiger partial charge in [-0.2, -0.15) is 5.10 Å². The number of ether oxygens (including phenoxy) is 2. The van der Waals surface area contributed by atoms with Crippen LogP contribution < -0.4 is 14.9 Å². The molecule has 1 aliphatic heterocycles. The van der Waals surface area contributed by atoms with E-state index in [9.17, 15) is 4.79 Å². The first-order valence-corrected chi connectivity index (χ1v) is 8.91. The summed E-state index contributed by atoms with van der Waals surface area (Å²) >= 11 is 0. The van der Waals surface area contributed by atoms with Crippen molar-refractivity contribution in [1.29, 1.82) is 0 Å². The highest BCUT2D eigenvalue weighted by Gasteiger charge is 2.27. The van der Waals surface area contributed by atoms with Gasteiger partial charge in [-0.05, 0) is 37.1 Å². The Morgan fingerprint density at radius 1 is 1.15 bits per heavy atom. The molecule has 2 heterocycles. The molecule has 1 fully saturated rings. The second kappa shape index (κ2) is 6.39. The molecule has 2 aromatic carbocycles. The van der Waals surface area contributed by atoms with E-state index in [1.54, 1.807) is 6.21 Å². The second-order valence-electron chi connectivity index (χ2n) is 6.67. The van der Waals surface area contributed by atoms with Crippen LogP contribution in [-0.4, -0.2) is 23.9 Å². The van der Waals surface area contributed by atoms with Gasteiger partial charge < -0.3 is 9.47 Å². The van der Waals surface area contributed by atoms with Crippen molar-refractivity contribution >= 4 is 23.0 Å². The molecule has 0 saturated heterocycles. The smallest absolute Gasteiger partial charge is 0.272 e. The Morgan fingerprint density at radius 2 is 2.04 bits per heavy atom. The maximum atomic E-state index is 12.8. The average Bonchev–Trinajstić information content (AvgIpc) is 3.44. The number of fused-ring (bicyclic) bond motifs is 2. The number of nitrogens with one attached hydrogen (secondary N) is 1. The van der Waals surface area contributed by atoms with E-state index >= 15 is 0 Å². The normalized spacial score (nSPS) is 15.4. The fourth-order valence-electron chi connectivity index (χ4n) is 3.25.